The van der Waals surface area contributed by atoms with Gasteiger partial charge in [-0.25, -0.2) is 5.43 Å². The second-order valence-corrected chi connectivity index (χ2v) is 10.6. The van der Waals surface area contributed by atoms with E-state index >= 15 is 0 Å². The maximum atomic E-state index is 12.8. The summed E-state index contributed by atoms with van der Waals surface area (Å²) in [5.74, 6) is -0.00126. The lowest BCUT2D eigenvalue weighted by Crippen LogP contribution is -2.17. The Hall–Kier alpha value is -3.44. The van der Waals surface area contributed by atoms with Crippen molar-refractivity contribution in [2.45, 2.75) is 18.7 Å². The number of hydrazone groups is 1. The average Bonchev–Trinajstić information content (AvgIpc) is 2.86. The highest BCUT2D eigenvalue weighted by molar-refractivity contribution is 14.1. The molecule has 0 heterocycles. The number of fused-ring (bicyclic) bond motifs is 1. The molecule has 184 valence electrons. The molecule has 0 spiro atoms. The first-order valence-corrected chi connectivity index (χ1v) is 13.6. The van der Waals surface area contributed by atoms with Crippen LogP contribution < -0.4 is 14.3 Å². The van der Waals surface area contributed by atoms with E-state index in [0.29, 0.717) is 21.3 Å². The predicted octanol–water partition coefficient (Wildman–Crippen LogP) is 5.68. The van der Waals surface area contributed by atoms with Crippen LogP contribution in [0.4, 0.5) is 0 Å². The predicted molar refractivity (Wildman–Crippen MR) is 148 cm³/mol. The van der Waals surface area contributed by atoms with Crippen LogP contribution in [0.1, 0.15) is 28.4 Å². The molecule has 9 heteroatoms. The smallest absolute Gasteiger partial charge is 0.339 e. The van der Waals surface area contributed by atoms with Gasteiger partial charge in [0.25, 0.3) is 5.91 Å². The van der Waals surface area contributed by atoms with E-state index in [9.17, 15) is 13.2 Å². The van der Waals surface area contributed by atoms with Crippen molar-refractivity contribution in [3.05, 3.63) is 99.1 Å². The summed E-state index contributed by atoms with van der Waals surface area (Å²) in [6.07, 6.45) is 1.46. The van der Waals surface area contributed by atoms with Crippen LogP contribution in [0.2, 0.25) is 0 Å². The van der Waals surface area contributed by atoms with Crippen molar-refractivity contribution >= 4 is 55.6 Å². The number of rotatable bonds is 8. The van der Waals surface area contributed by atoms with Gasteiger partial charge in [0, 0.05) is 5.56 Å². The van der Waals surface area contributed by atoms with E-state index in [2.05, 4.69) is 10.5 Å². The maximum absolute atomic E-state index is 12.8. The molecule has 0 bridgehead atoms. The zero-order valence-corrected chi connectivity index (χ0v) is 22.5. The first-order valence-electron chi connectivity index (χ1n) is 11.1. The molecule has 1 amide bonds. The molecule has 1 N–H and O–H groups in total. The molecule has 0 saturated heterocycles. The number of amides is 1. The molecule has 4 aromatic carbocycles. The zero-order valence-electron chi connectivity index (χ0n) is 19.6. The summed E-state index contributed by atoms with van der Waals surface area (Å²) in [6.45, 7) is 3.96. The molecule has 0 atom stereocenters. The Morgan fingerprint density at radius 3 is 2.44 bits per heavy atom. The van der Waals surface area contributed by atoms with Gasteiger partial charge < -0.3 is 8.92 Å². The highest BCUT2D eigenvalue weighted by Crippen LogP contribution is 2.36. The molecular weight excluding hydrogens is 591 g/mol. The summed E-state index contributed by atoms with van der Waals surface area (Å²) in [4.78, 5) is 12.6. The van der Waals surface area contributed by atoms with Crippen LogP contribution in [-0.4, -0.2) is 27.1 Å². The quantitative estimate of drug-likeness (QED) is 0.119. The molecule has 0 fully saturated rings. The van der Waals surface area contributed by atoms with Crippen LogP contribution in [0.15, 0.2) is 88.9 Å². The number of halogens is 1. The summed E-state index contributed by atoms with van der Waals surface area (Å²) in [5, 5.41) is 6.06. The van der Waals surface area contributed by atoms with Crippen molar-refractivity contribution in [1.82, 2.24) is 5.43 Å². The Labute approximate surface area is 223 Å². The Bertz CT molecular complexity index is 1550. The Kier molecular flexibility index (Phi) is 7.90. The van der Waals surface area contributed by atoms with Crippen molar-refractivity contribution < 1.29 is 22.1 Å². The van der Waals surface area contributed by atoms with Gasteiger partial charge in [0.15, 0.2) is 11.5 Å². The van der Waals surface area contributed by atoms with Crippen LogP contribution in [0, 0.1) is 10.5 Å². The number of carbonyl (C=O) groups is 1. The molecule has 4 rings (SSSR count). The molecule has 0 unspecified atom stereocenters. The fraction of sp³-hybridized carbons (Fsp3) is 0.111. The Balaban J connectivity index is 1.53. The molecule has 0 aliphatic rings. The zero-order chi connectivity index (χ0) is 25.7. The van der Waals surface area contributed by atoms with Crippen LogP contribution in [0.5, 0.6) is 11.5 Å². The van der Waals surface area contributed by atoms with Crippen molar-refractivity contribution in [1.29, 1.82) is 0 Å². The number of nitrogens with one attached hydrogen (secondary N) is 1. The standard InChI is InChI=1S/C27H23IN2O5S/c1-3-34-25-15-19(14-24(28)26(25)35-36(32,33)23-12-8-18(2)9-13-23)17-29-30-27(31)22-11-10-20-6-4-5-7-21(20)16-22/h4-17H,3H2,1-2H3,(H,30,31)/b29-17-. The van der Waals surface area contributed by atoms with Gasteiger partial charge in [-0.3, -0.25) is 4.79 Å². The minimum Gasteiger partial charge on any atom is -0.490 e. The van der Waals surface area contributed by atoms with Gasteiger partial charge in [0.1, 0.15) is 4.90 Å². The third-order valence-electron chi connectivity index (χ3n) is 5.23. The van der Waals surface area contributed by atoms with Gasteiger partial charge >= 0.3 is 10.1 Å². The number of hydrogen-bond donors (Lipinski definition) is 1. The fourth-order valence-electron chi connectivity index (χ4n) is 3.43. The minimum absolute atomic E-state index is 0.0494. The summed E-state index contributed by atoms with van der Waals surface area (Å²) < 4.78 is 37.3. The Morgan fingerprint density at radius 1 is 1.00 bits per heavy atom. The molecular formula is C27H23IN2O5S. The third kappa shape index (κ3) is 6.03. The van der Waals surface area contributed by atoms with Gasteiger partial charge in [-0.15, -0.1) is 0 Å². The van der Waals surface area contributed by atoms with Gasteiger partial charge in [-0.05, 0) is 89.2 Å². The topological polar surface area (TPSA) is 94.1 Å². The van der Waals surface area contributed by atoms with E-state index in [-0.39, 0.29) is 22.3 Å². The number of ether oxygens (including phenoxy) is 1. The van der Waals surface area contributed by atoms with Gasteiger partial charge in [-0.1, -0.05) is 48.0 Å². The molecule has 0 aliphatic carbocycles. The fourth-order valence-corrected chi connectivity index (χ4v) is 5.27. The van der Waals surface area contributed by atoms with E-state index in [1.165, 1.54) is 18.3 Å². The molecule has 7 nitrogen and oxygen atoms in total. The van der Waals surface area contributed by atoms with Crippen LogP contribution in [-0.2, 0) is 10.1 Å². The van der Waals surface area contributed by atoms with Crippen molar-refractivity contribution in [3.8, 4) is 11.5 Å². The first-order chi connectivity index (χ1) is 17.3. The largest absolute Gasteiger partial charge is 0.490 e. The first kappa shape index (κ1) is 25.6. The van der Waals surface area contributed by atoms with Gasteiger partial charge in [0.2, 0.25) is 0 Å². The number of aryl methyl sites for hydroxylation is 1. The summed E-state index contributed by atoms with van der Waals surface area (Å²) >= 11 is 1.98. The lowest BCUT2D eigenvalue weighted by Gasteiger charge is -2.14. The summed E-state index contributed by atoms with van der Waals surface area (Å²) in [6, 6.07) is 22.9. The number of carbonyl (C=O) groups excluding carboxylic acids is 1. The van der Waals surface area contributed by atoms with Gasteiger partial charge in [0.05, 0.1) is 16.4 Å². The molecule has 0 radical (unpaired) electrons. The van der Waals surface area contributed by atoms with Crippen molar-refractivity contribution in [2.75, 3.05) is 6.61 Å². The SMILES string of the molecule is CCOc1cc(/C=N\NC(=O)c2ccc3ccccc3c2)cc(I)c1OS(=O)(=O)c1ccc(C)cc1. The van der Waals surface area contributed by atoms with Crippen molar-refractivity contribution in [3.63, 3.8) is 0 Å². The average molecular weight is 614 g/mol. The lowest BCUT2D eigenvalue weighted by atomic mass is 10.1. The highest BCUT2D eigenvalue weighted by Gasteiger charge is 2.22. The number of nitrogens with zero attached hydrogens (tertiary/aromatic N) is 1. The molecule has 0 aliphatic heterocycles. The van der Waals surface area contributed by atoms with E-state index in [1.807, 2.05) is 59.8 Å². The second-order valence-electron chi connectivity index (χ2n) is 7.87. The monoisotopic (exact) mass is 614 g/mol. The molecule has 0 saturated carbocycles. The summed E-state index contributed by atoms with van der Waals surface area (Å²) in [7, 11) is -4.06. The minimum atomic E-state index is -4.06. The van der Waals surface area contributed by atoms with Crippen LogP contribution in [0.3, 0.4) is 0 Å². The Morgan fingerprint density at radius 2 is 1.72 bits per heavy atom. The van der Waals surface area contributed by atoms with E-state index in [0.717, 1.165) is 16.3 Å². The highest BCUT2D eigenvalue weighted by atomic mass is 127. The number of hydrogen-bond acceptors (Lipinski definition) is 6. The number of benzene rings is 4. The normalized spacial score (nSPS) is 11.5. The van der Waals surface area contributed by atoms with Crippen molar-refractivity contribution in [2.24, 2.45) is 5.10 Å². The molecule has 0 aromatic heterocycles. The van der Waals surface area contributed by atoms with Gasteiger partial charge in [-0.2, -0.15) is 13.5 Å². The maximum Gasteiger partial charge on any atom is 0.339 e. The van der Waals surface area contributed by atoms with E-state index in [1.54, 1.807) is 43.3 Å². The summed E-state index contributed by atoms with van der Waals surface area (Å²) in [5.41, 5.74) is 4.55. The van der Waals surface area contributed by atoms with E-state index < -0.39 is 10.1 Å². The molecule has 36 heavy (non-hydrogen) atoms. The van der Waals surface area contributed by atoms with Crippen LogP contribution >= 0.6 is 22.6 Å². The second kappa shape index (κ2) is 11.1. The van der Waals surface area contributed by atoms with Crippen LogP contribution in [0.25, 0.3) is 10.8 Å². The lowest BCUT2D eigenvalue weighted by molar-refractivity contribution is 0.0955. The third-order valence-corrected chi connectivity index (χ3v) is 7.26. The molecule has 4 aromatic rings. The van der Waals surface area contributed by atoms with E-state index in [4.69, 9.17) is 8.92 Å².